The number of fused-ring (bicyclic) bond motifs is 1. The summed E-state index contributed by atoms with van der Waals surface area (Å²) in [4.78, 5) is 23.8. The number of aliphatic carboxylic acids is 1. The van der Waals surface area contributed by atoms with Gasteiger partial charge in [-0.25, -0.2) is 4.79 Å². The molecule has 2 N–H and O–H groups in total. The molecule has 3 rings (SSSR count). The number of ether oxygens (including phenoxy) is 1. The second-order valence-electron chi connectivity index (χ2n) is 5.23. The molecule has 116 valence electrons. The number of hydrogen-bond acceptors (Lipinski definition) is 5. The summed E-state index contributed by atoms with van der Waals surface area (Å²) >= 11 is 1.07. The van der Waals surface area contributed by atoms with Crippen molar-refractivity contribution in [3.8, 4) is 0 Å². The summed E-state index contributed by atoms with van der Waals surface area (Å²) in [5.41, 5.74) is 1.73. The summed E-state index contributed by atoms with van der Waals surface area (Å²) < 4.78 is 13.5. The Morgan fingerprint density at radius 2 is 2.18 bits per heavy atom. The van der Waals surface area contributed by atoms with Crippen molar-refractivity contribution in [2.24, 2.45) is 14.6 Å². The zero-order chi connectivity index (χ0) is 15.5. The molecule has 1 aromatic carbocycles. The van der Waals surface area contributed by atoms with Crippen molar-refractivity contribution in [2.45, 2.75) is 18.9 Å². The van der Waals surface area contributed by atoms with E-state index < -0.39 is 17.9 Å². The Kier molecular flexibility index (Phi) is 4.30. The van der Waals surface area contributed by atoms with Gasteiger partial charge < -0.3 is 15.2 Å². The molecule has 1 saturated heterocycles. The van der Waals surface area contributed by atoms with Gasteiger partial charge >= 0.3 is 5.97 Å². The Morgan fingerprint density at radius 3 is 2.91 bits per heavy atom. The lowest BCUT2D eigenvalue weighted by Gasteiger charge is -2.28. The zero-order valence-corrected chi connectivity index (χ0v) is 12.5. The first-order valence-corrected chi connectivity index (χ1v) is 7.72. The first-order chi connectivity index (χ1) is 10.6. The molecule has 2 aliphatic heterocycles. The van der Waals surface area contributed by atoms with Crippen LogP contribution in [0.15, 0.2) is 26.9 Å². The quantitative estimate of drug-likeness (QED) is 0.899. The zero-order valence-electron chi connectivity index (χ0n) is 11.7. The fourth-order valence-corrected chi connectivity index (χ4v) is 3.08. The van der Waals surface area contributed by atoms with Gasteiger partial charge in [0.1, 0.15) is 17.4 Å². The van der Waals surface area contributed by atoms with Gasteiger partial charge in [-0.1, -0.05) is 0 Å². The van der Waals surface area contributed by atoms with E-state index in [2.05, 4.69) is 14.0 Å². The van der Waals surface area contributed by atoms with Crippen LogP contribution in [0.2, 0.25) is 0 Å². The molecule has 22 heavy (non-hydrogen) atoms. The summed E-state index contributed by atoms with van der Waals surface area (Å²) in [7, 11) is 0. The number of benzene rings is 1. The Hall–Kier alpha value is -2.06. The van der Waals surface area contributed by atoms with E-state index in [1.165, 1.54) is 0 Å². The van der Waals surface area contributed by atoms with E-state index in [1.54, 1.807) is 18.2 Å². The van der Waals surface area contributed by atoms with Crippen LogP contribution in [-0.2, 0) is 20.9 Å². The Balaban J connectivity index is 1.73. The van der Waals surface area contributed by atoms with Gasteiger partial charge in [0.05, 0.1) is 18.0 Å². The van der Waals surface area contributed by atoms with Crippen LogP contribution >= 0.6 is 0 Å². The van der Waals surface area contributed by atoms with Gasteiger partial charge in [-0.3, -0.25) is 4.79 Å². The van der Waals surface area contributed by atoms with Crippen molar-refractivity contribution in [1.29, 1.82) is 0 Å². The molecule has 2 aliphatic rings. The minimum Gasteiger partial charge on any atom is -0.480 e. The predicted molar refractivity (Wildman–Crippen MR) is 80.4 cm³/mol. The lowest BCUT2D eigenvalue weighted by atomic mass is 9.93. The number of carbonyl (C=O) groups is 2. The van der Waals surface area contributed by atoms with E-state index in [9.17, 15) is 14.7 Å². The molecule has 0 aromatic heterocycles. The van der Waals surface area contributed by atoms with Gasteiger partial charge in [-0.2, -0.15) is 8.73 Å². The molecule has 0 spiro atoms. The summed E-state index contributed by atoms with van der Waals surface area (Å²) in [6, 6.07) is 3.99. The molecule has 2 heterocycles. The van der Waals surface area contributed by atoms with Crippen LogP contribution in [0.4, 0.5) is 11.4 Å². The van der Waals surface area contributed by atoms with Crippen LogP contribution in [0.5, 0.6) is 0 Å². The monoisotopic (exact) mass is 321 g/mol. The fraction of sp³-hybridized carbons (Fsp3) is 0.429. The van der Waals surface area contributed by atoms with Crippen molar-refractivity contribution in [2.75, 3.05) is 13.2 Å². The molecule has 2 atom stereocenters. The van der Waals surface area contributed by atoms with Crippen LogP contribution in [0.3, 0.4) is 0 Å². The van der Waals surface area contributed by atoms with Gasteiger partial charge in [0, 0.05) is 18.1 Å². The highest BCUT2D eigenvalue weighted by molar-refractivity contribution is 7.58. The third-order valence-corrected chi connectivity index (χ3v) is 4.29. The van der Waals surface area contributed by atoms with Crippen molar-refractivity contribution >= 4 is 34.6 Å². The number of carbonyl (C=O) groups excluding carboxylic acids is 1. The molecule has 0 saturated carbocycles. The first-order valence-electron chi connectivity index (χ1n) is 6.99. The molecule has 1 fully saturated rings. The van der Waals surface area contributed by atoms with E-state index >= 15 is 0 Å². The molecule has 0 bridgehead atoms. The highest BCUT2D eigenvalue weighted by atomic mass is 32.1. The Bertz CT molecular complexity index is 679. The molecular weight excluding hydrogens is 306 g/mol. The standard InChI is InChI=1S/C14H15N3O4S/c18-13(8-3-4-10-11(6-8)17-22-16-10)15-12(14(19)20)9-2-1-5-21-7-9/h3-4,6,9,12H,1-2,5,7H2,(H,15,18)(H,19,20)/t9-,12-/m1/s1. The molecular formula is C14H15N3O4S. The molecule has 8 heteroatoms. The van der Waals surface area contributed by atoms with Gasteiger partial charge in [-0.15, -0.1) is 0 Å². The predicted octanol–water partition coefficient (Wildman–Crippen LogP) is 2.02. The van der Waals surface area contributed by atoms with E-state index in [0.29, 0.717) is 24.5 Å². The lowest BCUT2D eigenvalue weighted by Crippen LogP contribution is -2.48. The minimum absolute atomic E-state index is 0.208. The van der Waals surface area contributed by atoms with Crippen LogP contribution in [0.1, 0.15) is 23.2 Å². The highest BCUT2D eigenvalue weighted by Gasteiger charge is 2.31. The normalized spacial score (nSPS) is 20.8. The third-order valence-electron chi connectivity index (χ3n) is 3.74. The molecule has 1 aromatic rings. The average molecular weight is 321 g/mol. The number of nitrogens with zero attached hydrogens (tertiary/aromatic N) is 2. The SMILES string of the molecule is O=C(N[C@@H](C(=O)O)[C@@H]1CCCOC1)c1ccc2c(c1)N=S=N2. The van der Waals surface area contributed by atoms with Crippen molar-refractivity contribution < 1.29 is 19.4 Å². The number of rotatable bonds is 4. The molecule has 0 aliphatic carbocycles. The number of carboxylic acids is 1. The minimum atomic E-state index is -1.04. The summed E-state index contributed by atoms with van der Waals surface area (Å²) in [5.74, 6) is -1.67. The second kappa shape index (κ2) is 6.37. The van der Waals surface area contributed by atoms with E-state index in [4.69, 9.17) is 4.74 Å². The van der Waals surface area contributed by atoms with Crippen LogP contribution in [0.25, 0.3) is 0 Å². The van der Waals surface area contributed by atoms with Crippen molar-refractivity contribution in [3.63, 3.8) is 0 Å². The van der Waals surface area contributed by atoms with Gasteiger partial charge in [0.15, 0.2) is 0 Å². The lowest BCUT2D eigenvalue weighted by molar-refractivity contribution is -0.142. The maximum absolute atomic E-state index is 12.3. The van der Waals surface area contributed by atoms with Crippen LogP contribution in [0, 0.1) is 5.92 Å². The largest absolute Gasteiger partial charge is 0.480 e. The van der Waals surface area contributed by atoms with Crippen LogP contribution < -0.4 is 5.32 Å². The molecule has 0 radical (unpaired) electrons. The van der Waals surface area contributed by atoms with E-state index in [0.717, 1.165) is 29.9 Å². The highest BCUT2D eigenvalue weighted by Crippen LogP contribution is 2.32. The third kappa shape index (κ3) is 3.07. The molecule has 0 unspecified atom stereocenters. The number of amides is 1. The number of hydrogen-bond donors (Lipinski definition) is 2. The van der Waals surface area contributed by atoms with Gasteiger partial charge in [0.2, 0.25) is 0 Å². The Morgan fingerprint density at radius 1 is 1.36 bits per heavy atom. The fourth-order valence-electron chi connectivity index (χ4n) is 2.56. The molecule has 7 nitrogen and oxygen atoms in total. The second-order valence-corrected chi connectivity index (χ2v) is 5.76. The average Bonchev–Trinajstić information content (AvgIpc) is 3.00. The molecule has 1 amide bonds. The maximum Gasteiger partial charge on any atom is 0.326 e. The summed E-state index contributed by atoms with van der Waals surface area (Å²) in [6.45, 7) is 0.997. The smallest absolute Gasteiger partial charge is 0.326 e. The van der Waals surface area contributed by atoms with Crippen LogP contribution in [-0.4, -0.2) is 36.2 Å². The number of nitrogens with one attached hydrogen (secondary N) is 1. The van der Waals surface area contributed by atoms with Crippen molar-refractivity contribution in [1.82, 2.24) is 5.32 Å². The summed E-state index contributed by atoms with van der Waals surface area (Å²) in [6.07, 6.45) is 1.53. The van der Waals surface area contributed by atoms with Gasteiger partial charge in [-0.05, 0) is 31.0 Å². The Labute approximate surface area is 130 Å². The first kappa shape index (κ1) is 14.9. The van der Waals surface area contributed by atoms with E-state index in [1.807, 2.05) is 0 Å². The number of carboxylic acid groups (broad SMARTS) is 1. The summed E-state index contributed by atoms with van der Waals surface area (Å²) in [5, 5.41) is 12.0. The maximum atomic E-state index is 12.3. The van der Waals surface area contributed by atoms with Crippen molar-refractivity contribution in [3.05, 3.63) is 23.8 Å². The van der Waals surface area contributed by atoms with E-state index in [-0.39, 0.29) is 5.92 Å². The van der Waals surface area contributed by atoms with Gasteiger partial charge in [0.25, 0.3) is 5.91 Å². The topological polar surface area (TPSA) is 100 Å².